The number of fused-ring (bicyclic) bond motifs is 4. The highest BCUT2D eigenvalue weighted by molar-refractivity contribution is 7.80. The number of piperidine rings is 1. The van der Waals surface area contributed by atoms with Gasteiger partial charge in [0.25, 0.3) is 11.5 Å². The fourth-order valence-corrected chi connectivity index (χ4v) is 6.18. The van der Waals surface area contributed by atoms with Gasteiger partial charge in [-0.3, -0.25) is 9.59 Å². The van der Waals surface area contributed by atoms with E-state index in [0.717, 1.165) is 54.4 Å². The number of aromatic nitrogens is 1. The van der Waals surface area contributed by atoms with Crippen molar-refractivity contribution in [1.29, 1.82) is 0 Å². The van der Waals surface area contributed by atoms with Crippen LogP contribution in [0.25, 0.3) is 0 Å². The Balaban J connectivity index is 1.26. The van der Waals surface area contributed by atoms with Gasteiger partial charge in [-0.15, -0.1) is 0 Å². The molecule has 7 nitrogen and oxygen atoms in total. The van der Waals surface area contributed by atoms with Crippen molar-refractivity contribution in [2.24, 2.45) is 5.92 Å². The third-order valence-electron chi connectivity index (χ3n) is 7.93. The van der Waals surface area contributed by atoms with Gasteiger partial charge < -0.3 is 25.4 Å². The van der Waals surface area contributed by atoms with E-state index in [1.165, 1.54) is 5.56 Å². The molecule has 8 heteroatoms. The molecule has 1 amide bonds. The van der Waals surface area contributed by atoms with Crippen LogP contribution in [0.4, 0.5) is 17.1 Å². The molecule has 2 bridgehead atoms. The molecule has 6 rings (SSSR count). The van der Waals surface area contributed by atoms with E-state index in [0.29, 0.717) is 23.1 Å². The number of anilines is 3. The molecule has 3 heterocycles. The highest BCUT2D eigenvalue weighted by Crippen LogP contribution is 2.39. The van der Waals surface area contributed by atoms with Crippen molar-refractivity contribution in [3.8, 4) is 0 Å². The first-order chi connectivity index (χ1) is 19.9. The Bertz CT molecular complexity index is 1630. The normalized spacial score (nSPS) is 17.3. The van der Waals surface area contributed by atoms with Crippen molar-refractivity contribution < 1.29 is 4.79 Å². The summed E-state index contributed by atoms with van der Waals surface area (Å²) in [7, 11) is 0. The van der Waals surface area contributed by atoms with E-state index in [1.54, 1.807) is 6.07 Å². The molecule has 208 valence electrons. The summed E-state index contributed by atoms with van der Waals surface area (Å²) in [5.74, 6) is 0.473. The number of hydrogen-bond donors (Lipinski definition) is 3. The summed E-state index contributed by atoms with van der Waals surface area (Å²) in [4.78, 5) is 28.0. The van der Waals surface area contributed by atoms with Crippen molar-refractivity contribution >= 4 is 40.3 Å². The maximum atomic E-state index is 13.2. The van der Waals surface area contributed by atoms with Crippen LogP contribution in [0.5, 0.6) is 0 Å². The minimum Gasteiger partial charge on any atom is -0.369 e. The molecule has 4 aromatic rings. The number of benzene rings is 3. The van der Waals surface area contributed by atoms with Gasteiger partial charge in [0.15, 0.2) is 5.11 Å². The molecule has 2 aliphatic rings. The smallest absolute Gasteiger partial charge is 0.251 e. The average molecular weight is 564 g/mol. The Labute approximate surface area is 245 Å². The van der Waals surface area contributed by atoms with E-state index >= 15 is 0 Å². The molecule has 0 radical (unpaired) electrons. The van der Waals surface area contributed by atoms with Crippen LogP contribution in [0.15, 0.2) is 95.8 Å². The number of amides is 1. The van der Waals surface area contributed by atoms with Crippen LogP contribution >= 0.6 is 12.2 Å². The minimum absolute atomic E-state index is 0.0754. The zero-order chi connectivity index (χ0) is 28.3. The summed E-state index contributed by atoms with van der Waals surface area (Å²) in [6, 6.07) is 29.2. The number of nitrogens with one attached hydrogen (secondary N) is 3. The summed E-state index contributed by atoms with van der Waals surface area (Å²) in [6.45, 7) is 4.82. The molecule has 3 aromatic carbocycles. The van der Waals surface area contributed by atoms with E-state index in [-0.39, 0.29) is 17.4 Å². The van der Waals surface area contributed by atoms with Gasteiger partial charge in [-0.1, -0.05) is 54.1 Å². The fourth-order valence-electron chi connectivity index (χ4n) is 5.95. The van der Waals surface area contributed by atoms with Crippen LogP contribution in [-0.2, 0) is 13.1 Å². The summed E-state index contributed by atoms with van der Waals surface area (Å²) >= 11 is 5.70. The van der Waals surface area contributed by atoms with Crippen molar-refractivity contribution in [3.63, 3.8) is 0 Å². The number of hydrogen-bond acceptors (Lipinski definition) is 4. The molecule has 0 aliphatic carbocycles. The molecule has 41 heavy (non-hydrogen) atoms. The van der Waals surface area contributed by atoms with Crippen molar-refractivity contribution in [2.45, 2.75) is 32.4 Å². The van der Waals surface area contributed by atoms with Crippen LogP contribution in [0.1, 0.15) is 39.5 Å². The van der Waals surface area contributed by atoms with Gasteiger partial charge in [0.05, 0.1) is 11.4 Å². The number of carbonyl (C=O) groups is 1. The Hall–Kier alpha value is -4.43. The molecule has 2 aliphatic heterocycles. The number of thiocarbonyl (C=S) groups is 1. The van der Waals surface area contributed by atoms with Crippen molar-refractivity contribution in [2.75, 3.05) is 28.6 Å². The van der Waals surface area contributed by atoms with Crippen LogP contribution in [-0.4, -0.2) is 28.7 Å². The summed E-state index contributed by atoms with van der Waals surface area (Å²) in [5.41, 5.74) is 6.59. The second-order valence-electron chi connectivity index (χ2n) is 10.9. The summed E-state index contributed by atoms with van der Waals surface area (Å²) < 4.78 is 1.94. The van der Waals surface area contributed by atoms with Gasteiger partial charge in [0.2, 0.25) is 0 Å². The third kappa shape index (κ3) is 6.02. The van der Waals surface area contributed by atoms with Gasteiger partial charge in [-0.2, -0.15) is 0 Å². The predicted octanol–water partition coefficient (Wildman–Crippen LogP) is 5.52. The molecule has 1 saturated heterocycles. The molecule has 0 saturated carbocycles. The van der Waals surface area contributed by atoms with Crippen LogP contribution in [0, 0.1) is 12.8 Å². The van der Waals surface area contributed by atoms with E-state index in [2.05, 4.69) is 26.9 Å². The third-order valence-corrected chi connectivity index (χ3v) is 8.14. The van der Waals surface area contributed by atoms with Gasteiger partial charge in [0, 0.05) is 55.1 Å². The number of pyridine rings is 1. The molecule has 0 unspecified atom stereocenters. The van der Waals surface area contributed by atoms with E-state index in [9.17, 15) is 9.59 Å². The SMILES string of the molecule is Cc1ccc(NC(=S)Nc2cc(C(=O)NCc3ccccc3)ccc2N2C[C@H]3C[C@@H](C2)c2cccc(=O)n2C3)cc1. The lowest BCUT2D eigenvalue weighted by atomic mass is 9.83. The van der Waals surface area contributed by atoms with Crippen molar-refractivity contribution in [1.82, 2.24) is 9.88 Å². The van der Waals surface area contributed by atoms with E-state index in [1.807, 2.05) is 90.4 Å². The Morgan fingerprint density at radius 1 is 0.902 bits per heavy atom. The topological polar surface area (TPSA) is 78.4 Å². The number of rotatable bonds is 6. The Kier molecular flexibility index (Phi) is 7.57. The zero-order valence-electron chi connectivity index (χ0n) is 23.0. The zero-order valence-corrected chi connectivity index (χ0v) is 23.8. The quantitative estimate of drug-likeness (QED) is 0.268. The van der Waals surface area contributed by atoms with Crippen molar-refractivity contribution in [3.05, 3.63) is 124 Å². The van der Waals surface area contributed by atoms with Crippen LogP contribution in [0.3, 0.4) is 0 Å². The molecule has 1 fully saturated rings. The van der Waals surface area contributed by atoms with Crippen LogP contribution in [0.2, 0.25) is 0 Å². The van der Waals surface area contributed by atoms with Gasteiger partial charge in [-0.25, -0.2) is 0 Å². The lowest BCUT2D eigenvalue weighted by molar-refractivity contribution is 0.0951. The lowest BCUT2D eigenvalue weighted by Gasteiger charge is -2.44. The second kappa shape index (κ2) is 11.6. The lowest BCUT2D eigenvalue weighted by Crippen LogP contribution is -2.47. The largest absolute Gasteiger partial charge is 0.369 e. The molecular formula is C33H33N5O2S. The first-order valence-corrected chi connectivity index (χ1v) is 14.4. The monoisotopic (exact) mass is 563 g/mol. The second-order valence-corrected chi connectivity index (χ2v) is 11.4. The fraction of sp³-hybridized carbons (Fsp3) is 0.242. The molecular weight excluding hydrogens is 530 g/mol. The highest BCUT2D eigenvalue weighted by Gasteiger charge is 2.35. The number of carbonyl (C=O) groups excluding carboxylic acids is 1. The highest BCUT2D eigenvalue weighted by atomic mass is 32.1. The Morgan fingerprint density at radius 2 is 1.71 bits per heavy atom. The molecule has 3 N–H and O–H groups in total. The first-order valence-electron chi connectivity index (χ1n) is 14.0. The van der Waals surface area contributed by atoms with E-state index < -0.39 is 0 Å². The Morgan fingerprint density at radius 3 is 2.51 bits per heavy atom. The van der Waals surface area contributed by atoms with Gasteiger partial charge in [0.1, 0.15) is 0 Å². The average Bonchev–Trinajstić information content (AvgIpc) is 2.98. The summed E-state index contributed by atoms with van der Waals surface area (Å²) in [5, 5.41) is 10.1. The minimum atomic E-state index is -0.148. The van der Waals surface area contributed by atoms with Crippen LogP contribution < -0.4 is 26.4 Å². The maximum Gasteiger partial charge on any atom is 0.251 e. The summed E-state index contributed by atoms with van der Waals surface area (Å²) in [6.07, 6.45) is 1.07. The molecule has 0 spiro atoms. The maximum absolute atomic E-state index is 13.2. The predicted molar refractivity (Wildman–Crippen MR) is 169 cm³/mol. The molecule has 2 atom stereocenters. The van der Waals surface area contributed by atoms with Gasteiger partial charge >= 0.3 is 0 Å². The number of nitrogens with zero attached hydrogens (tertiary/aromatic N) is 2. The first kappa shape index (κ1) is 26.8. The van der Waals surface area contributed by atoms with Gasteiger partial charge in [-0.05, 0) is 73.4 Å². The number of aryl methyl sites for hydroxylation is 1. The van der Waals surface area contributed by atoms with E-state index in [4.69, 9.17) is 12.2 Å². The standard InChI is InChI=1S/C33H33N5O2S/c1-22-10-13-27(14-11-22)35-33(41)36-28-17-25(32(40)34-18-23-6-3-2-4-7-23)12-15-30(28)37-19-24-16-26(21-37)29-8-5-9-31(39)38(29)20-24/h2-15,17,24,26H,16,18-21H2,1H3,(H,34,40)(H2,35,36,41)/t24-,26+/m1/s1. The molecule has 1 aromatic heterocycles.